The molecule has 0 saturated heterocycles. The van der Waals surface area contributed by atoms with Gasteiger partial charge in [-0.05, 0) is 36.8 Å². The van der Waals surface area contributed by atoms with Crippen LogP contribution >= 0.6 is 0 Å². The van der Waals surface area contributed by atoms with E-state index in [1.165, 1.54) is 0 Å². The maximum atomic E-state index is 12.4. The predicted molar refractivity (Wildman–Crippen MR) is 89.9 cm³/mol. The van der Waals surface area contributed by atoms with Crippen molar-refractivity contribution in [3.8, 4) is 0 Å². The minimum Gasteiger partial charge on any atom is -0.348 e. The van der Waals surface area contributed by atoms with Crippen LogP contribution in [0.2, 0.25) is 0 Å². The smallest absolute Gasteiger partial charge is 0.240 e. The van der Waals surface area contributed by atoms with Gasteiger partial charge in [-0.2, -0.15) is 0 Å². The maximum Gasteiger partial charge on any atom is 0.240 e. The number of para-hydroxylation sites is 2. The Labute approximate surface area is 135 Å². The van der Waals surface area contributed by atoms with Crippen LogP contribution in [0, 0.1) is 0 Å². The van der Waals surface area contributed by atoms with Gasteiger partial charge in [0.1, 0.15) is 12.4 Å². The molecule has 1 aromatic carbocycles. The van der Waals surface area contributed by atoms with Crippen LogP contribution in [0.3, 0.4) is 0 Å². The van der Waals surface area contributed by atoms with Gasteiger partial charge >= 0.3 is 0 Å². The third-order valence-electron chi connectivity index (χ3n) is 3.94. The average Bonchev–Trinajstić information content (AvgIpc) is 2.93. The van der Waals surface area contributed by atoms with Crippen LogP contribution in [0.25, 0.3) is 11.0 Å². The number of hydrogen-bond acceptors (Lipinski definition) is 3. The number of fused-ring (bicyclic) bond motifs is 1. The molecule has 0 radical (unpaired) electrons. The van der Waals surface area contributed by atoms with E-state index in [0.717, 1.165) is 28.8 Å². The van der Waals surface area contributed by atoms with Crippen molar-refractivity contribution < 1.29 is 4.79 Å². The largest absolute Gasteiger partial charge is 0.348 e. The Kier molecular flexibility index (Phi) is 4.37. The molecule has 5 nitrogen and oxygen atoms in total. The summed E-state index contributed by atoms with van der Waals surface area (Å²) < 4.78 is 1.99. The van der Waals surface area contributed by atoms with Crippen molar-refractivity contribution in [2.45, 2.75) is 32.9 Å². The second-order valence-corrected chi connectivity index (χ2v) is 5.53. The van der Waals surface area contributed by atoms with Crippen molar-refractivity contribution in [3.63, 3.8) is 0 Å². The van der Waals surface area contributed by atoms with E-state index >= 15 is 0 Å². The highest BCUT2D eigenvalue weighted by Crippen LogP contribution is 2.17. The van der Waals surface area contributed by atoms with Crippen LogP contribution in [0.15, 0.2) is 48.8 Å². The van der Waals surface area contributed by atoms with Crippen LogP contribution in [0.5, 0.6) is 0 Å². The first kappa shape index (κ1) is 15.2. The molecule has 3 rings (SSSR count). The van der Waals surface area contributed by atoms with Crippen molar-refractivity contribution in [3.05, 3.63) is 60.2 Å². The van der Waals surface area contributed by atoms with Gasteiger partial charge in [0.05, 0.1) is 17.1 Å². The molecule has 5 heteroatoms. The van der Waals surface area contributed by atoms with E-state index in [9.17, 15) is 4.79 Å². The summed E-state index contributed by atoms with van der Waals surface area (Å²) >= 11 is 0. The molecule has 0 bridgehead atoms. The van der Waals surface area contributed by atoms with Crippen molar-refractivity contribution in [1.29, 1.82) is 0 Å². The minimum absolute atomic E-state index is 0.0211. The lowest BCUT2D eigenvalue weighted by atomic mass is 10.1. The summed E-state index contributed by atoms with van der Waals surface area (Å²) in [4.78, 5) is 21.0. The lowest BCUT2D eigenvalue weighted by molar-refractivity contribution is -0.122. The van der Waals surface area contributed by atoms with Gasteiger partial charge in [-0.15, -0.1) is 0 Å². The Morgan fingerprint density at radius 3 is 2.70 bits per heavy atom. The van der Waals surface area contributed by atoms with E-state index in [4.69, 9.17) is 0 Å². The summed E-state index contributed by atoms with van der Waals surface area (Å²) in [5, 5.41) is 3.04. The second-order valence-electron chi connectivity index (χ2n) is 5.53. The van der Waals surface area contributed by atoms with Crippen molar-refractivity contribution in [1.82, 2.24) is 19.9 Å². The first-order chi connectivity index (χ1) is 11.2. The fourth-order valence-electron chi connectivity index (χ4n) is 2.74. The summed E-state index contributed by atoms with van der Waals surface area (Å²) in [6, 6.07) is 11.7. The molecule has 0 aliphatic heterocycles. The highest BCUT2D eigenvalue weighted by atomic mass is 16.2. The van der Waals surface area contributed by atoms with Gasteiger partial charge in [-0.1, -0.05) is 19.1 Å². The first-order valence-electron chi connectivity index (χ1n) is 7.82. The van der Waals surface area contributed by atoms with Gasteiger partial charge in [0.2, 0.25) is 5.91 Å². The quantitative estimate of drug-likeness (QED) is 0.788. The van der Waals surface area contributed by atoms with Gasteiger partial charge in [0.25, 0.3) is 0 Å². The Morgan fingerprint density at radius 2 is 1.96 bits per heavy atom. The molecular formula is C18H20N4O. The zero-order valence-electron chi connectivity index (χ0n) is 13.4. The van der Waals surface area contributed by atoms with E-state index in [1.807, 2.05) is 47.9 Å². The highest BCUT2D eigenvalue weighted by molar-refractivity contribution is 5.81. The number of carbonyl (C=O) groups excluding carboxylic acids is 1. The number of rotatable bonds is 5. The lowest BCUT2D eigenvalue weighted by Gasteiger charge is -2.15. The van der Waals surface area contributed by atoms with E-state index in [0.29, 0.717) is 0 Å². The van der Waals surface area contributed by atoms with Gasteiger partial charge < -0.3 is 9.88 Å². The molecule has 23 heavy (non-hydrogen) atoms. The number of imidazole rings is 1. The number of aromatic nitrogens is 3. The zero-order valence-corrected chi connectivity index (χ0v) is 13.4. The normalized spacial score (nSPS) is 12.3. The fourth-order valence-corrected chi connectivity index (χ4v) is 2.74. The molecule has 2 aromatic heterocycles. The standard InChI is InChI=1S/C18H20N4O/c1-3-17-21-15-6-4-5-7-16(15)22(17)12-18(23)20-13(2)14-8-10-19-11-9-14/h4-11,13H,3,12H2,1-2H3,(H,20,23). The van der Waals surface area contributed by atoms with Crippen molar-refractivity contribution in [2.75, 3.05) is 0 Å². The van der Waals surface area contributed by atoms with E-state index in [1.54, 1.807) is 12.4 Å². The molecule has 1 unspecified atom stereocenters. The third-order valence-corrected chi connectivity index (χ3v) is 3.94. The zero-order chi connectivity index (χ0) is 16.2. The second kappa shape index (κ2) is 6.60. The minimum atomic E-state index is -0.0506. The number of nitrogens with zero attached hydrogens (tertiary/aromatic N) is 3. The van der Waals surface area contributed by atoms with Gasteiger partial charge in [-0.3, -0.25) is 9.78 Å². The van der Waals surface area contributed by atoms with E-state index < -0.39 is 0 Å². The molecule has 118 valence electrons. The molecule has 1 atom stereocenters. The van der Waals surface area contributed by atoms with Crippen LogP contribution < -0.4 is 5.32 Å². The summed E-state index contributed by atoms with van der Waals surface area (Å²) in [6.45, 7) is 4.30. The van der Waals surface area contributed by atoms with Gasteiger partial charge in [-0.25, -0.2) is 4.98 Å². The summed E-state index contributed by atoms with van der Waals surface area (Å²) in [5.74, 6) is 0.907. The highest BCUT2D eigenvalue weighted by Gasteiger charge is 2.14. The fraction of sp³-hybridized carbons (Fsp3) is 0.278. The molecule has 3 aromatic rings. The molecule has 1 amide bonds. The molecule has 0 aliphatic carbocycles. The van der Waals surface area contributed by atoms with Crippen molar-refractivity contribution >= 4 is 16.9 Å². The van der Waals surface area contributed by atoms with Crippen molar-refractivity contribution in [2.24, 2.45) is 0 Å². The maximum absolute atomic E-state index is 12.4. The monoisotopic (exact) mass is 308 g/mol. The topological polar surface area (TPSA) is 59.8 Å². The van der Waals surface area contributed by atoms with Gasteiger partial charge in [0, 0.05) is 18.8 Å². The molecule has 1 N–H and O–H groups in total. The Morgan fingerprint density at radius 1 is 1.22 bits per heavy atom. The average molecular weight is 308 g/mol. The van der Waals surface area contributed by atoms with Crippen LogP contribution in [0.4, 0.5) is 0 Å². The molecule has 2 heterocycles. The van der Waals surface area contributed by atoms with Gasteiger partial charge in [0.15, 0.2) is 0 Å². The predicted octanol–water partition coefficient (Wildman–Crippen LogP) is 2.87. The van der Waals surface area contributed by atoms with Crippen LogP contribution in [-0.4, -0.2) is 20.4 Å². The number of amides is 1. The van der Waals surface area contributed by atoms with E-state index in [2.05, 4.69) is 22.2 Å². The summed E-state index contributed by atoms with van der Waals surface area (Å²) in [6.07, 6.45) is 4.26. The number of carbonyl (C=O) groups is 1. The summed E-state index contributed by atoms with van der Waals surface area (Å²) in [5.41, 5.74) is 2.97. The third kappa shape index (κ3) is 3.23. The number of benzene rings is 1. The summed E-state index contributed by atoms with van der Waals surface area (Å²) in [7, 11) is 0. The SMILES string of the molecule is CCc1nc2ccccc2n1CC(=O)NC(C)c1ccncc1. The molecule has 0 fully saturated rings. The Bertz CT molecular complexity index is 810. The molecule has 0 saturated carbocycles. The van der Waals surface area contributed by atoms with Crippen LogP contribution in [-0.2, 0) is 17.8 Å². The Hall–Kier alpha value is -2.69. The lowest BCUT2D eigenvalue weighted by Crippen LogP contribution is -2.30. The van der Waals surface area contributed by atoms with Crippen LogP contribution in [0.1, 0.15) is 31.3 Å². The number of pyridine rings is 1. The number of nitrogens with one attached hydrogen (secondary N) is 1. The molecule has 0 aliphatic rings. The molecular weight excluding hydrogens is 288 g/mol. The Balaban J connectivity index is 1.78. The number of aryl methyl sites for hydroxylation is 1. The first-order valence-corrected chi connectivity index (χ1v) is 7.82. The van der Waals surface area contributed by atoms with E-state index in [-0.39, 0.29) is 18.5 Å². The molecule has 0 spiro atoms. The number of hydrogen-bond donors (Lipinski definition) is 1.